The number of carbonyl (C=O) groups excluding carboxylic acids is 2. The molecule has 0 spiro atoms. The van der Waals surface area contributed by atoms with Gasteiger partial charge in [0, 0.05) is 10.4 Å². The number of amides is 1. The number of hydrogen-bond acceptors (Lipinski definition) is 7. The predicted molar refractivity (Wildman–Crippen MR) is 107 cm³/mol. The normalized spacial score (nSPS) is 12.1. The van der Waals surface area contributed by atoms with Gasteiger partial charge in [-0.05, 0) is 37.6 Å². The highest BCUT2D eigenvalue weighted by Crippen LogP contribution is 2.28. The number of aromatic hydroxyl groups is 1. The van der Waals surface area contributed by atoms with Crippen molar-refractivity contribution in [3.05, 3.63) is 45.1 Å². The number of fused-ring (bicyclic) bond motifs is 1. The minimum atomic E-state index is -0.588. The number of aromatic amines is 1. The van der Waals surface area contributed by atoms with Gasteiger partial charge in [0.1, 0.15) is 16.9 Å². The van der Waals surface area contributed by atoms with Crippen molar-refractivity contribution >= 4 is 51.2 Å². The van der Waals surface area contributed by atoms with E-state index in [0.717, 1.165) is 23.1 Å². The third kappa shape index (κ3) is 4.20. The van der Waals surface area contributed by atoms with Crippen LogP contribution < -0.4 is 10.9 Å². The first-order valence-electron chi connectivity index (χ1n) is 8.19. The molecule has 0 fully saturated rings. The highest BCUT2D eigenvalue weighted by molar-refractivity contribution is 8.00. The largest absolute Gasteiger partial charge is 0.506 e. The number of phenolic OH excluding ortho intramolecular Hbond substituents is 1. The van der Waals surface area contributed by atoms with Crippen molar-refractivity contribution in [1.82, 2.24) is 9.97 Å². The number of hydrogen-bond donors (Lipinski definition) is 3. The molecule has 7 nitrogen and oxygen atoms in total. The van der Waals surface area contributed by atoms with Gasteiger partial charge in [-0.2, -0.15) is 0 Å². The molecule has 1 unspecified atom stereocenters. The van der Waals surface area contributed by atoms with E-state index in [0.29, 0.717) is 27.2 Å². The second-order valence-electron chi connectivity index (χ2n) is 5.80. The van der Waals surface area contributed by atoms with Crippen LogP contribution in [0.1, 0.15) is 29.1 Å². The van der Waals surface area contributed by atoms with E-state index in [9.17, 15) is 19.5 Å². The summed E-state index contributed by atoms with van der Waals surface area (Å²) < 4.78 is 0. The fourth-order valence-electron chi connectivity index (χ4n) is 2.37. The lowest BCUT2D eigenvalue weighted by Crippen LogP contribution is -2.23. The van der Waals surface area contributed by atoms with Gasteiger partial charge in [-0.25, -0.2) is 4.98 Å². The molecule has 0 saturated carbocycles. The first-order chi connectivity index (χ1) is 12.9. The number of aldehydes is 1. The summed E-state index contributed by atoms with van der Waals surface area (Å²) in [7, 11) is 0. The van der Waals surface area contributed by atoms with Gasteiger partial charge in [0.15, 0.2) is 5.16 Å². The van der Waals surface area contributed by atoms with Gasteiger partial charge in [-0.1, -0.05) is 18.7 Å². The highest BCUT2D eigenvalue weighted by atomic mass is 32.2. The van der Waals surface area contributed by atoms with Crippen LogP contribution in [0.25, 0.3) is 10.2 Å². The Kier molecular flexibility index (Phi) is 5.62. The number of nitrogens with zero attached hydrogens (tertiary/aromatic N) is 1. The Hall–Kier alpha value is -2.65. The Balaban J connectivity index is 1.77. The second-order valence-corrected chi connectivity index (χ2v) is 8.24. The van der Waals surface area contributed by atoms with Crippen LogP contribution in [0.15, 0.2) is 34.2 Å². The molecule has 27 heavy (non-hydrogen) atoms. The van der Waals surface area contributed by atoms with Gasteiger partial charge in [0.05, 0.1) is 16.3 Å². The lowest BCUT2D eigenvalue weighted by atomic mass is 10.2. The Bertz CT molecular complexity index is 1070. The summed E-state index contributed by atoms with van der Waals surface area (Å²) in [6.45, 7) is 3.67. The molecule has 0 saturated heterocycles. The maximum absolute atomic E-state index is 12.4. The summed E-state index contributed by atoms with van der Waals surface area (Å²) in [6.07, 6.45) is 1.45. The Labute approximate surface area is 162 Å². The van der Waals surface area contributed by atoms with Crippen LogP contribution in [0.2, 0.25) is 0 Å². The molecule has 9 heteroatoms. The van der Waals surface area contributed by atoms with Gasteiger partial charge < -0.3 is 15.4 Å². The number of thioether (sulfide) groups is 1. The standard InChI is InChI=1S/C18H17N3O4S2/c1-3-11-7-12-16(25)20-18(21-17(12)27-11)26-9(2)15(24)19-13-6-10(8-22)4-5-14(13)23/h4-9,23H,3H2,1-2H3,(H,19,24)(H,20,21,25). The van der Waals surface area contributed by atoms with Gasteiger partial charge in [0.25, 0.3) is 5.56 Å². The fraction of sp³-hybridized carbons (Fsp3) is 0.222. The number of aryl methyl sites for hydroxylation is 1. The number of phenols is 1. The number of aromatic nitrogens is 2. The Morgan fingerprint density at radius 1 is 1.44 bits per heavy atom. The number of nitrogens with one attached hydrogen (secondary N) is 2. The molecule has 0 aliphatic rings. The molecule has 3 N–H and O–H groups in total. The molecule has 140 valence electrons. The Morgan fingerprint density at radius 3 is 2.93 bits per heavy atom. The summed E-state index contributed by atoms with van der Waals surface area (Å²) in [5.74, 6) is -0.522. The molecular formula is C18H17N3O4S2. The third-order valence-corrected chi connectivity index (χ3v) is 6.01. The summed E-state index contributed by atoms with van der Waals surface area (Å²) in [5.41, 5.74) is 0.256. The molecule has 2 aromatic heterocycles. The van der Waals surface area contributed by atoms with E-state index in [1.807, 2.05) is 13.0 Å². The van der Waals surface area contributed by atoms with E-state index in [4.69, 9.17) is 0 Å². The van der Waals surface area contributed by atoms with Gasteiger partial charge >= 0.3 is 0 Å². The van der Waals surface area contributed by atoms with Crippen LogP contribution in [0.4, 0.5) is 5.69 Å². The molecular weight excluding hydrogens is 386 g/mol. The van der Waals surface area contributed by atoms with Crippen LogP contribution in [0, 0.1) is 0 Å². The zero-order chi connectivity index (χ0) is 19.6. The van der Waals surface area contributed by atoms with Crippen molar-refractivity contribution in [2.45, 2.75) is 30.7 Å². The van der Waals surface area contributed by atoms with Crippen molar-refractivity contribution in [2.24, 2.45) is 0 Å². The monoisotopic (exact) mass is 403 g/mol. The van der Waals surface area contributed by atoms with Gasteiger partial charge in [0.2, 0.25) is 5.91 Å². The van der Waals surface area contributed by atoms with Crippen molar-refractivity contribution in [3.63, 3.8) is 0 Å². The minimum Gasteiger partial charge on any atom is -0.506 e. The molecule has 2 heterocycles. The number of anilines is 1. The SMILES string of the molecule is CCc1cc2c(=O)[nH]c(SC(C)C(=O)Nc3cc(C=O)ccc3O)nc2s1. The number of benzene rings is 1. The first-order valence-corrected chi connectivity index (χ1v) is 9.89. The van der Waals surface area contributed by atoms with Gasteiger partial charge in [-0.15, -0.1) is 11.3 Å². The average Bonchev–Trinajstić information content (AvgIpc) is 3.07. The predicted octanol–water partition coefficient (Wildman–Crippen LogP) is 3.18. The smallest absolute Gasteiger partial charge is 0.260 e. The molecule has 3 rings (SSSR count). The Morgan fingerprint density at radius 2 is 2.22 bits per heavy atom. The quantitative estimate of drug-likeness (QED) is 0.252. The van der Waals surface area contributed by atoms with Crippen molar-refractivity contribution in [3.8, 4) is 5.75 Å². The second kappa shape index (κ2) is 7.93. The van der Waals surface area contributed by atoms with E-state index >= 15 is 0 Å². The van der Waals surface area contributed by atoms with E-state index in [1.165, 1.54) is 29.5 Å². The van der Waals surface area contributed by atoms with E-state index in [-0.39, 0.29) is 22.9 Å². The van der Waals surface area contributed by atoms with E-state index in [1.54, 1.807) is 6.92 Å². The van der Waals surface area contributed by atoms with Crippen LogP contribution in [-0.4, -0.2) is 32.5 Å². The molecule has 1 atom stereocenters. The molecule has 1 amide bonds. The lowest BCUT2D eigenvalue weighted by molar-refractivity contribution is -0.115. The zero-order valence-electron chi connectivity index (χ0n) is 14.6. The van der Waals surface area contributed by atoms with Crippen LogP contribution in [0.5, 0.6) is 5.75 Å². The summed E-state index contributed by atoms with van der Waals surface area (Å²) in [5, 5.41) is 12.7. The summed E-state index contributed by atoms with van der Waals surface area (Å²) in [4.78, 5) is 44.3. The molecule has 1 aromatic carbocycles. The molecule has 0 bridgehead atoms. The average molecular weight is 403 g/mol. The maximum Gasteiger partial charge on any atom is 0.260 e. The van der Waals surface area contributed by atoms with Crippen LogP contribution in [0.3, 0.4) is 0 Å². The minimum absolute atomic E-state index is 0.134. The maximum atomic E-state index is 12.4. The topological polar surface area (TPSA) is 112 Å². The van der Waals surface area contributed by atoms with Crippen LogP contribution in [-0.2, 0) is 11.2 Å². The molecule has 0 aliphatic heterocycles. The lowest BCUT2D eigenvalue weighted by Gasteiger charge is -2.12. The first kappa shape index (κ1) is 19.1. The number of carbonyl (C=O) groups is 2. The van der Waals surface area contributed by atoms with E-state index in [2.05, 4.69) is 15.3 Å². The summed E-state index contributed by atoms with van der Waals surface area (Å²) in [6, 6.07) is 6.01. The van der Waals surface area contributed by atoms with Crippen LogP contribution >= 0.6 is 23.1 Å². The van der Waals surface area contributed by atoms with Gasteiger partial charge in [-0.3, -0.25) is 14.4 Å². The van der Waals surface area contributed by atoms with Crippen molar-refractivity contribution in [1.29, 1.82) is 0 Å². The molecule has 0 aliphatic carbocycles. The third-order valence-electron chi connectivity index (χ3n) is 3.85. The number of H-pyrrole nitrogens is 1. The molecule has 3 aromatic rings. The fourth-order valence-corrected chi connectivity index (χ4v) is 4.20. The highest BCUT2D eigenvalue weighted by Gasteiger charge is 2.18. The zero-order valence-corrected chi connectivity index (χ0v) is 16.2. The number of rotatable bonds is 6. The summed E-state index contributed by atoms with van der Waals surface area (Å²) >= 11 is 2.57. The van der Waals surface area contributed by atoms with Crippen molar-refractivity contribution in [2.75, 3.05) is 5.32 Å². The van der Waals surface area contributed by atoms with Crippen molar-refractivity contribution < 1.29 is 14.7 Å². The van der Waals surface area contributed by atoms with E-state index < -0.39 is 5.25 Å². The number of thiophene rings is 1. The molecule has 0 radical (unpaired) electrons.